The van der Waals surface area contributed by atoms with Crippen molar-refractivity contribution in [2.24, 2.45) is 10.1 Å². The molecule has 0 saturated heterocycles. The van der Waals surface area contributed by atoms with Crippen molar-refractivity contribution >= 4 is 35.0 Å². The van der Waals surface area contributed by atoms with Crippen molar-refractivity contribution in [3.63, 3.8) is 0 Å². The fraction of sp³-hybridized carbons (Fsp3) is 0.366. The van der Waals surface area contributed by atoms with Crippen LogP contribution in [0.1, 0.15) is 50.3 Å². The number of aryl methyl sites for hydroxylation is 2. The molecule has 2 aromatic carbocycles. The molecule has 1 amide bonds. The maximum atomic E-state index is 15.7. The summed E-state index contributed by atoms with van der Waals surface area (Å²) >= 11 is 0. The number of anilines is 1. The second-order valence-electron chi connectivity index (χ2n) is 12.6. The fourth-order valence-electron chi connectivity index (χ4n) is 5.61. The van der Waals surface area contributed by atoms with Crippen LogP contribution in [-0.2, 0) is 4.79 Å². The SMILES string of the molecule is C#CCC.C/C=N\N1C=CC(Oc2cc(F)c(NC(=N/C=C/CC)c3c(C)ccc4c3OCC3=[N+]4CCN(C(=O)/C=C/CN(C)C)C3)cc2C)=CC1. The van der Waals surface area contributed by atoms with Gasteiger partial charge < -0.3 is 24.6 Å². The molecule has 11 heteroatoms. The molecular formula is C41H51FN7O3+. The van der Waals surface area contributed by atoms with E-state index in [1.807, 2.05) is 95.1 Å². The Morgan fingerprint density at radius 1 is 1.21 bits per heavy atom. The summed E-state index contributed by atoms with van der Waals surface area (Å²) < 4.78 is 30.4. The van der Waals surface area contributed by atoms with Gasteiger partial charge in [-0.2, -0.15) is 9.68 Å². The highest BCUT2D eigenvalue weighted by molar-refractivity contribution is 6.12. The summed E-state index contributed by atoms with van der Waals surface area (Å²) in [5.41, 5.74) is 4.64. The van der Waals surface area contributed by atoms with Crippen molar-refractivity contribution in [1.82, 2.24) is 14.8 Å². The van der Waals surface area contributed by atoms with Gasteiger partial charge in [-0.15, -0.1) is 12.3 Å². The second kappa shape index (κ2) is 19.2. The lowest BCUT2D eigenvalue weighted by Crippen LogP contribution is -2.49. The third-order valence-corrected chi connectivity index (χ3v) is 8.30. The van der Waals surface area contributed by atoms with Crippen LogP contribution in [0.3, 0.4) is 0 Å². The van der Waals surface area contributed by atoms with Crippen molar-refractivity contribution in [3.8, 4) is 23.8 Å². The molecule has 0 unspecified atom stereocenters. The minimum atomic E-state index is -0.472. The predicted octanol–water partition coefficient (Wildman–Crippen LogP) is 6.79. The van der Waals surface area contributed by atoms with E-state index in [0.717, 1.165) is 40.9 Å². The molecule has 1 N–H and O–H groups in total. The maximum Gasteiger partial charge on any atom is 0.248 e. The molecule has 0 atom stereocenters. The van der Waals surface area contributed by atoms with Crippen LogP contribution in [0.2, 0.25) is 0 Å². The average Bonchev–Trinajstić information content (AvgIpc) is 3.13. The van der Waals surface area contributed by atoms with Gasteiger partial charge in [0.15, 0.2) is 13.2 Å². The van der Waals surface area contributed by atoms with E-state index in [1.54, 1.807) is 35.6 Å². The first kappa shape index (κ1) is 39.3. The zero-order valence-electron chi connectivity index (χ0n) is 31.4. The van der Waals surface area contributed by atoms with E-state index in [-0.39, 0.29) is 11.6 Å². The smallest absolute Gasteiger partial charge is 0.248 e. The van der Waals surface area contributed by atoms with Gasteiger partial charge in [0.05, 0.1) is 24.3 Å². The molecule has 0 aromatic heterocycles. The number of hydrogen-bond acceptors (Lipinski definition) is 7. The molecule has 0 bridgehead atoms. The number of ether oxygens (including phenoxy) is 2. The Kier molecular flexibility index (Phi) is 14.5. The monoisotopic (exact) mass is 708 g/mol. The van der Waals surface area contributed by atoms with Crippen LogP contribution < -0.4 is 14.8 Å². The fourth-order valence-corrected chi connectivity index (χ4v) is 5.61. The van der Waals surface area contributed by atoms with Crippen LogP contribution >= 0.6 is 0 Å². The van der Waals surface area contributed by atoms with Crippen molar-refractivity contribution in [3.05, 3.63) is 95.3 Å². The number of amides is 1. The number of rotatable bonds is 10. The normalized spacial score (nSPS) is 15.7. The minimum Gasteiger partial charge on any atom is -0.475 e. The molecule has 274 valence electrons. The van der Waals surface area contributed by atoms with Gasteiger partial charge in [-0.25, -0.2) is 9.38 Å². The van der Waals surface area contributed by atoms with Crippen LogP contribution in [0, 0.1) is 32.0 Å². The average molecular weight is 709 g/mol. The quantitative estimate of drug-likeness (QED) is 0.0963. The molecule has 0 saturated carbocycles. The lowest BCUT2D eigenvalue weighted by molar-refractivity contribution is -0.453. The first-order valence-electron chi connectivity index (χ1n) is 17.6. The molecule has 2 aromatic rings. The molecule has 0 radical (unpaired) electrons. The Morgan fingerprint density at radius 3 is 2.67 bits per heavy atom. The number of terminal acetylenes is 1. The lowest BCUT2D eigenvalue weighted by atomic mass is 10.0. The van der Waals surface area contributed by atoms with E-state index >= 15 is 4.39 Å². The summed E-state index contributed by atoms with van der Waals surface area (Å²) in [7, 11) is 3.94. The summed E-state index contributed by atoms with van der Waals surface area (Å²) in [6, 6.07) is 7.19. The molecule has 3 aliphatic heterocycles. The van der Waals surface area contributed by atoms with Gasteiger partial charge in [-0.1, -0.05) is 32.1 Å². The molecule has 0 aliphatic carbocycles. The molecule has 5 rings (SSSR count). The largest absolute Gasteiger partial charge is 0.475 e. The summed E-state index contributed by atoms with van der Waals surface area (Å²) in [5, 5.41) is 9.28. The zero-order chi connectivity index (χ0) is 37.6. The van der Waals surface area contributed by atoms with Gasteiger partial charge >= 0.3 is 0 Å². The van der Waals surface area contributed by atoms with E-state index in [4.69, 9.17) is 20.9 Å². The number of likely N-dealkylation sites (N-methyl/N-ethyl adjacent to an activating group) is 1. The third kappa shape index (κ3) is 10.3. The van der Waals surface area contributed by atoms with Crippen molar-refractivity contribution in [1.29, 1.82) is 0 Å². The van der Waals surface area contributed by atoms with Crippen LogP contribution in [-0.4, -0.2) is 96.5 Å². The van der Waals surface area contributed by atoms with E-state index < -0.39 is 5.82 Å². The molecule has 0 spiro atoms. The van der Waals surface area contributed by atoms with Crippen LogP contribution in [0.5, 0.6) is 11.5 Å². The van der Waals surface area contributed by atoms with Gasteiger partial charge in [-0.05, 0) is 70.6 Å². The number of halogens is 1. The number of carbonyl (C=O) groups is 1. The maximum absolute atomic E-state index is 15.7. The summed E-state index contributed by atoms with van der Waals surface area (Å²) in [6.07, 6.45) is 20.9. The highest BCUT2D eigenvalue weighted by Crippen LogP contribution is 2.38. The highest BCUT2D eigenvalue weighted by Gasteiger charge is 2.37. The minimum absolute atomic E-state index is 0.00487. The number of hydrogen-bond donors (Lipinski definition) is 1. The van der Waals surface area contributed by atoms with Crippen molar-refractivity contribution in [2.45, 2.75) is 47.5 Å². The number of allylic oxidation sites excluding steroid dienone is 2. The summed E-state index contributed by atoms with van der Waals surface area (Å²) in [4.78, 5) is 21.5. The molecule has 3 heterocycles. The summed E-state index contributed by atoms with van der Waals surface area (Å²) in [5.74, 6) is 4.15. The van der Waals surface area contributed by atoms with E-state index in [9.17, 15) is 4.79 Å². The van der Waals surface area contributed by atoms with Crippen LogP contribution in [0.25, 0.3) is 0 Å². The Bertz CT molecular complexity index is 1860. The Hall–Kier alpha value is -5.47. The number of fused-ring (bicyclic) bond motifs is 2. The zero-order valence-corrected chi connectivity index (χ0v) is 31.4. The Labute approximate surface area is 308 Å². The predicted molar refractivity (Wildman–Crippen MR) is 209 cm³/mol. The van der Waals surface area contributed by atoms with Crippen LogP contribution in [0.15, 0.2) is 82.9 Å². The number of nitrogens with one attached hydrogen (secondary N) is 1. The van der Waals surface area contributed by atoms with E-state index in [0.29, 0.717) is 62.4 Å². The van der Waals surface area contributed by atoms with Gasteiger partial charge in [0, 0.05) is 49.8 Å². The molecular weight excluding hydrogens is 657 g/mol. The number of benzene rings is 2. The van der Waals surface area contributed by atoms with E-state index in [1.165, 1.54) is 6.07 Å². The van der Waals surface area contributed by atoms with Crippen molar-refractivity contribution < 1.29 is 23.2 Å². The molecule has 0 fully saturated rings. The molecule has 3 aliphatic rings. The number of hydrazone groups is 1. The number of aliphatic imine (C=N–C) groups is 1. The first-order valence-corrected chi connectivity index (χ1v) is 17.6. The molecule has 10 nitrogen and oxygen atoms in total. The van der Waals surface area contributed by atoms with Gasteiger partial charge in [0.1, 0.15) is 29.7 Å². The number of nitrogens with zero attached hydrogens (tertiary/aromatic N) is 6. The number of carbonyl (C=O) groups excluding carboxylic acids is 1. The van der Waals surface area contributed by atoms with Gasteiger partial charge in [-0.3, -0.25) is 9.80 Å². The van der Waals surface area contributed by atoms with E-state index in [2.05, 4.69) is 20.9 Å². The first-order chi connectivity index (χ1) is 25.1. The number of amidine groups is 1. The van der Waals surface area contributed by atoms with Crippen LogP contribution in [0.4, 0.5) is 15.8 Å². The topological polar surface area (TPSA) is 85.0 Å². The second-order valence-corrected chi connectivity index (χ2v) is 12.6. The Balaban J connectivity index is 0.00000144. The highest BCUT2D eigenvalue weighted by atomic mass is 19.1. The van der Waals surface area contributed by atoms with Crippen molar-refractivity contribution in [2.75, 3.05) is 58.7 Å². The molecule has 52 heavy (non-hydrogen) atoms. The third-order valence-electron chi connectivity index (χ3n) is 8.30. The van der Waals surface area contributed by atoms with Gasteiger partial charge in [0.25, 0.3) is 0 Å². The summed E-state index contributed by atoms with van der Waals surface area (Å²) in [6.45, 7) is 13.0. The lowest BCUT2D eigenvalue weighted by Gasteiger charge is -2.29. The standard InChI is InChI=1S/C37H45FN7O3.C4H6/c1-7-9-16-39-37(41-31-22-27(4)33(23-30(31)38)48-29-14-18-44(19-15-29)40-8-2)35-26(3)12-13-32-36(35)47-25-28-24-43(20-21-45(28)32)34(46)11-10-17-42(5)6;1-3-4-2/h8-16,18,22-23H,7,17,19-21,24-25H2,1-6H3,(H,39,41);1H,4H2,2H3/q+1;/b11-10+,16-9+,40-8-;. The van der Waals surface area contributed by atoms with Gasteiger partial charge in [0.2, 0.25) is 23.1 Å². The Morgan fingerprint density at radius 2 is 2.00 bits per heavy atom.